The fourth-order valence-electron chi connectivity index (χ4n) is 2.52. The molecule has 0 radical (unpaired) electrons. The van der Waals surface area contributed by atoms with Crippen molar-refractivity contribution in [3.63, 3.8) is 0 Å². The van der Waals surface area contributed by atoms with Gasteiger partial charge < -0.3 is 11.1 Å². The van der Waals surface area contributed by atoms with Gasteiger partial charge in [-0.05, 0) is 42.0 Å². The molecule has 0 bridgehead atoms. The Labute approximate surface area is 145 Å². The standard InChI is InChI=1S/C20H18FN3O/c21-17-8-6-15(7-9-17)20(25)19(22)16-10-11-23-18(12-16)24-13-14-4-2-1-3-5-14/h1-12,19H,13,22H2,(H,23,24)/p+1. The summed E-state index contributed by atoms with van der Waals surface area (Å²) in [5, 5.41) is 3.24. The minimum atomic E-state index is -0.578. The third-order valence-electron chi connectivity index (χ3n) is 3.95. The van der Waals surface area contributed by atoms with Crippen LogP contribution in [0.5, 0.6) is 0 Å². The number of anilines is 1. The third kappa shape index (κ3) is 4.28. The van der Waals surface area contributed by atoms with Crippen LogP contribution in [0.15, 0.2) is 72.9 Å². The number of rotatable bonds is 6. The maximum atomic E-state index is 13.0. The lowest BCUT2D eigenvalue weighted by Crippen LogP contribution is -2.57. The number of carbonyl (C=O) groups is 1. The molecule has 0 aliphatic heterocycles. The van der Waals surface area contributed by atoms with Gasteiger partial charge >= 0.3 is 0 Å². The summed E-state index contributed by atoms with van der Waals surface area (Å²) in [7, 11) is 0. The van der Waals surface area contributed by atoms with Gasteiger partial charge in [-0.25, -0.2) is 9.37 Å². The largest absolute Gasteiger partial charge is 0.366 e. The lowest BCUT2D eigenvalue weighted by Gasteiger charge is -2.11. The SMILES string of the molecule is [NH3+]C(C(=O)c1ccc(F)cc1)c1ccnc(NCc2ccccc2)c1. The molecule has 126 valence electrons. The molecule has 0 saturated carbocycles. The highest BCUT2D eigenvalue weighted by Crippen LogP contribution is 2.18. The molecule has 0 saturated heterocycles. The summed E-state index contributed by atoms with van der Waals surface area (Å²) in [5.41, 5.74) is 6.31. The molecule has 0 aliphatic rings. The van der Waals surface area contributed by atoms with Gasteiger partial charge in [0, 0.05) is 23.9 Å². The zero-order valence-electron chi connectivity index (χ0n) is 13.7. The number of carbonyl (C=O) groups excluding carboxylic acids is 1. The van der Waals surface area contributed by atoms with Crippen LogP contribution in [-0.4, -0.2) is 10.8 Å². The van der Waals surface area contributed by atoms with Crippen molar-refractivity contribution in [3.05, 3.63) is 95.4 Å². The first-order valence-electron chi connectivity index (χ1n) is 8.00. The maximum absolute atomic E-state index is 13.0. The number of quaternary nitrogens is 1. The Hall–Kier alpha value is -3.05. The number of pyridine rings is 1. The topological polar surface area (TPSA) is 69.6 Å². The first-order chi connectivity index (χ1) is 12.1. The molecule has 1 aromatic heterocycles. The highest BCUT2D eigenvalue weighted by atomic mass is 19.1. The second kappa shape index (κ2) is 7.68. The van der Waals surface area contributed by atoms with Gasteiger partial charge in [0.1, 0.15) is 11.6 Å². The lowest BCUT2D eigenvalue weighted by atomic mass is 9.99. The molecule has 1 atom stereocenters. The molecule has 0 fully saturated rings. The summed E-state index contributed by atoms with van der Waals surface area (Å²) in [4.78, 5) is 16.8. The van der Waals surface area contributed by atoms with Gasteiger partial charge in [-0.2, -0.15) is 0 Å². The van der Waals surface area contributed by atoms with Crippen molar-refractivity contribution < 1.29 is 14.9 Å². The number of aromatic nitrogens is 1. The van der Waals surface area contributed by atoms with Crippen LogP contribution in [0, 0.1) is 5.82 Å². The quantitative estimate of drug-likeness (QED) is 0.680. The predicted octanol–water partition coefficient (Wildman–Crippen LogP) is 3.00. The van der Waals surface area contributed by atoms with E-state index in [1.807, 2.05) is 36.4 Å². The van der Waals surface area contributed by atoms with Crippen molar-refractivity contribution in [2.75, 3.05) is 5.32 Å². The molecule has 5 heteroatoms. The Bertz CT molecular complexity index is 850. The van der Waals surface area contributed by atoms with Crippen LogP contribution in [-0.2, 0) is 6.54 Å². The molecule has 0 spiro atoms. The highest BCUT2D eigenvalue weighted by molar-refractivity contribution is 5.99. The Morgan fingerprint density at radius 2 is 1.80 bits per heavy atom. The molecule has 2 aromatic carbocycles. The monoisotopic (exact) mass is 336 g/mol. The van der Waals surface area contributed by atoms with Crippen LogP contribution in [0.3, 0.4) is 0 Å². The zero-order chi connectivity index (χ0) is 17.6. The predicted molar refractivity (Wildman–Crippen MR) is 94.4 cm³/mol. The van der Waals surface area contributed by atoms with Gasteiger partial charge in [0.2, 0.25) is 5.78 Å². The number of ketones is 1. The summed E-state index contributed by atoms with van der Waals surface area (Å²) >= 11 is 0. The van der Waals surface area contributed by atoms with E-state index in [1.165, 1.54) is 24.3 Å². The number of benzene rings is 2. The first-order valence-corrected chi connectivity index (χ1v) is 8.00. The van der Waals surface area contributed by atoms with Crippen LogP contribution in [0.2, 0.25) is 0 Å². The van der Waals surface area contributed by atoms with E-state index in [9.17, 15) is 9.18 Å². The first kappa shape index (κ1) is 16.8. The van der Waals surface area contributed by atoms with Crippen LogP contribution in [0.4, 0.5) is 10.2 Å². The van der Waals surface area contributed by atoms with E-state index in [1.54, 1.807) is 12.3 Å². The van der Waals surface area contributed by atoms with Gasteiger partial charge in [0.15, 0.2) is 6.04 Å². The number of Topliss-reactive ketones (excluding diaryl/α,β-unsaturated/α-hetero) is 1. The second-order valence-electron chi connectivity index (χ2n) is 5.74. The van der Waals surface area contributed by atoms with E-state index in [-0.39, 0.29) is 11.6 Å². The Morgan fingerprint density at radius 3 is 2.52 bits per heavy atom. The summed E-state index contributed by atoms with van der Waals surface area (Å²) in [6, 6.07) is 18.5. The van der Waals surface area contributed by atoms with E-state index < -0.39 is 6.04 Å². The fourth-order valence-corrected chi connectivity index (χ4v) is 2.52. The van der Waals surface area contributed by atoms with Crippen molar-refractivity contribution in [1.82, 2.24) is 4.98 Å². The van der Waals surface area contributed by atoms with Crippen LogP contribution >= 0.6 is 0 Å². The molecule has 0 amide bonds. The second-order valence-corrected chi connectivity index (χ2v) is 5.74. The summed E-state index contributed by atoms with van der Waals surface area (Å²) in [6.07, 6.45) is 1.65. The molecule has 4 N–H and O–H groups in total. The molecule has 3 aromatic rings. The molecular formula is C20H19FN3O+. The van der Waals surface area contributed by atoms with Gasteiger partial charge in [-0.1, -0.05) is 30.3 Å². The van der Waals surface area contributed by atoms with E-state index in [0.717, 1.165) is 11.1 Å². The summed E-state index contributed by atoms with van der Waals surface area (Å²) in [6.45, 7) is 0.644. The molecule has 25 heavy (non-hydrogen) atoms. The number of hydrogen-bond donors (Lipinski definition) is 2. The average Bonchev–Trinajstić information content (AvgIpc) is 2.67. The molecule has 3 rings (SSSR count). The smallest absolute Gasteiger partial charge is 0.224 e. The fraction of sp³-hybridized carbons (Fsp3) is 0.100. The van der Waals surface area contributed by atoms with Gasteiger partial charge in [-0.15, -0.1) is 0 Å². The third-order valence-corrected chi connectivity index (χ3v) is 3.95. The Morgan fingerprint density at radius 1 is 1.08 bits per heavy atom. The number of hydrogen-bond acceptors (Lipinski definition) is 3. The Kier molecular flexibility index (Phi) is 5.16. The van der Waals surface area contributed by atoms with E-state index in [2.05, 4.69) is 16.0 Å². The Balaban J connectivity index is 1.71. The van der Waals surface area contributed by atoms with E-state index in [0.29, 0.717) is 17.9 Å². The zero-order valence-corrected chi connectivity index (χ0v) is 13.7. The lowest BCUT2D eigenvalue weighted by molar-refractivity contribution is -0.404. The van der Waals surface area contributed by atoms with Gasteiger partial charge in [-0.3, -0.25) is 4.79 Å². The maximum Gasteiger partial charge on any atom is 0.224 e. The molecule has 4 nitrogen and oxygen atoms in total. The number of nitrogens with zero attached hydrogens (tertiary/aromatic N) is 1. The van der Waals surface area contributed by atoms with Crippen LogP contribution in [0.1, 0.15) is 27.5 Å². The van der Waals surface area contributed by atoms with Crippen molar-refractivity contribution in [1.29, 1.82) is 0 Å². The van der Waals surface area contributed by atoms with Gasteiger partial charge in [0.05, 0.1) is 0 Å². The normalized spacial score (nSPS) is 11.8. The van der Waals surface area contributed by atoms with Crippen molar-refractivity contribution in [2.24, 2.45) is 0 Å². The molecular weight excluding hydrogens is 317 g/mol. The summed E-state index contributed by atoms with van der Waals surface area (Å²) in [5.74, 6) is 0.163. The van der Waals surface area contributed by atoms with Crippen LogP contribution < -0.4 is 11.1 Å². The van der Waals surface area contributed by atoms with Crippen LogP contribution in [0.25, 0.3) is 0 Å². The highest BCUT2D eigenvalue weighted by Gasteiger charge is 2.21. The molecule has 0 aliphatic carbocycles. The van der Waals surface area contributed by atoms with Crippen molar-refractivity contribution in [3.8, 4) is 0 Å². The summed E-state index contributed by atoms with van der Waals surface area (Å²) < 4.78 is 13.0. The van der Waals surface area contributed by atoms with Gasteiger partial charge in [0.25, 0.3) is 0 Å². The minimum absolute atomic E-state index is 0.153. The van der Waals surface area contributed by atoms with E-state index in [4.69, 9.17) is 0 Å². The number of halogens is 1. The van der Waals surface area contributed by atoms with Crippen molar-refractivity contribution in [2.45, 2.75) is 12.6 Å². The number of nitrogens with one attached hydrogen (secondary N) is 1. The van der Waals surface area contributed by atoms with E-state index >= 15 is 0 Å². The molecule has 1 heterocycles. The van der Waals surface area contributed by atoms with Crippen molar-refractivity contribution >= 4 is 11.6 Å². The minimum Gasteiger partial charge on any atom is -0.366 e. The average molecular weight is 336 g/mol. The molecule has 1 unspecified atom stereocenters.